The van der Waals surface area contributed by atoms with Crippen molar-refractivity contribution in [3.05, 3.63) is 79.5 Å². The number of nitrogen functional groups attached to an aromatic ring is 1. The summed E-state index contributed by atoms with van der Waals surface area (Å²) in [6.07, 6.45) is 1.35. The topological polar surface area (TPSA) is 105 Å². The lowest BCUT2D eigenvalue weighted by Crippen LogP contribution is -2.03. The maximum Gasteiger partial charge on any atom is 0.288 e. The molecule has 0 amide bonds. The number of nitrogens with zero attached hydrogens (tertiary/aromatic N) is 2. The number of hydrogen-bond acceptors (Lipinski definition) is 5. The number of aryl methyl sites for hydroxylation is 1. The van der Waals surface area contributed by atoms with Gasteiger partial charge in [-0.2, -0.15) is 5.26 Å². The van der Waals surface area contributed by atoms with E-state index >= 15 is 0 Å². The van der Waals surface area contributed by atoms with Crippen LogP contribution in [0.3, 0.4) is 0 Å². The molecule has 0 unspecified atom stereocenters. The Balaban J connectivity index is 2.44. The van der Waals surface area contributed by atoms with Crippen LogP contribution in [0.5, 0.6) is 0 Å². The number of nitriles is 1. The molecule has 0 spiro atoms. The molecule has 0 radical (unpaired) electrons. The van der Waals surface area contributed by atoms with Crippen molar-refractivity contribution in [1.29, 1.82) is 5.26 Å². The van der Waals surface area contributed by atoms with Crippen LogP contribution in [0.15, 0.2) is 48.2 Å². The van der Waals surface area contributed by atoms with Crippen molar-refractivity contribution < 1.29 is 4.92 Å². The van der Waals surface area contributed by atoms with Crippen LogP contribution in [0.25, 0.3) is 6.08 Å². The highest BCUT2D eigenvalue weighted by Gasteiger charge is 2.18. The Morgan fingerprint density at radius 3 is 2.69 bits per heavy atom. The minimum atomic E-state index is -0.622. The van der Waals surface area contributed by atoms with Gasteiger partial charge in [0.15, 0.2) is 0 Å². The maximum absolute atomic E-state index is 11.0. The third-order valence-corrected chi connectivity index (χ3v) is 4.26. The molecule has 0 heterocycles. The van der Waals surface area contributed by atoms with Gasteiger partial charge in [-0.15, -0.1) is 0 Å². The summed E-state index contributed by atoms with van der Waals surface area (Å²) in [5.74, 6) is 0. The number of hydrogen-bond donors (Lipinski definition) is 2. The van der Waals surface area contributed by atoms with Gasteiger partial charge in [-0.05, 0) is 36.8 Å². The highest BCUT2D eigenvalue weighted by atomic mass is 35.5. The van der Waals surface area contributed by atoms with Crippen LogP contribution in [0.1, 0.15) is 11.1 Å². The Labute approximate surface area is 160 Å². The van der Waals surface area contributed by atoms with E-state index in [-0.39, 0.29) is 32.6 Å². The summed E-state index contributed by atoms with van der Waals surface area (Å²) in [7, 11) is 0. The molecule has 8 heteroatoms. The molecule has 26 heavy (non-hydrogen) atoms. The van der Waals surface area contributed by atoms with Crippen molar-refractivity contribution >= 4 is 46.3 Å². The zero-order valence-corrected chi connectivity index (χ0v) is 15.2. The van der Waals surface area contributed by atoms with E-state index in [2.05, 4.69) is 11.9 Å². The minimum absolute atomic E-state index is 0.107. The molecule has 0 aliphatic heterocycles. The quantitative estimate of drug-likeness (QED) is 0.237. The van der Waals surface area contributed by atoms with Gasteiger partial charge in [0.05, 0.1) is 21.9 Å². The van der Waals surface area contributed by atoms with Gasteiger partial charge in [0.25, 0.3) is 5.69 Å². The number of nitro benzene ring substituents is 1. The zero-order valence-electron chi connectivity index (χ0n) is 13.7. The summed E-state index contributed by atoms with van der Waals surface area (Å²) < 4.78 is 0. The van der Waals surface area contributed by atoms with Crippen LogP contribution in [0, 0.1) is 28.4 Å². The molecule has 2 aromatic rings. The highest BCUT2D eigenvalue weighted by molar-refractivity contribution is 6.38. The molecule has 0 fully saturated rings. The SMILES string of the molecule is C=C(Nc1cc(C)ccc1N)/C(C#N)=C/c1c(Cl)ccc([N+](=O)[O-])c1Cl. The van der Waals surface area contributed by atoms with Crippen molar-refractivity contribution in [2.45, 2.75) is 6.92 Å². The van der Waals surface area contributed by atoms with Gasteiger partial charge in [0.1, 0.15) is 11.1 Å². The van der Waals surface area contributed by atoms with Crippen molar-refractivity contribution in [3.8, 4) is 6.07 Å². The van der Waals surface area contributed by atoms with Crippen LogP contribution in [0.4, 0.5) is 17.1 Å². The van der Waals surface area contributed by atoms with Gasteiger partial charge in [-0.25, -0.2) is 0 Å². The number of anilines is 2. The van der Waals surface area contributed by atoms with Gasteiger partial charge in [0.2, 0.25) is 0 Å². The van der Waals surface area contributed by atoms with Crippen molar-refractivity contribution in [3.63, 3.8) is 0 Å². The molecule has 2 rings (SSSR count). The first-order chi connectivity index (χ1) is 12.2. The molecular weight excluding hydrogens is 375 g/mol. The number of benzene rings is 2. The van der Waals surface area contributed by atoms with Gasteiger partial charge < -0.3 is 11.1 Å². The second-order valence-corrected chi connectivity index (χ2v) is 6.20. The highest BCUT2D eigenvalue weighted by Crippen LogP contribution is 2.35. The Kier molecular flexibility index (Phi) is 5.88. The molecule has 0 aliphatic carbocycles. The normalized spacial score (nSPS) is 10.9. The number of allylic oxidation sites excluding steroid dienone is 1. The average molecular weight is 389 g/mol. The number of rotatable bonds is 5. The predicted molar refractivity (Wildman–Crippen MR) is 105 cm³/mol. The number of nitrogens with two attached hydrogens (primary N) is 1. The molecule has 0 saturated heterocycles. The number of nitro groups is 1. The van der Waals surface area contributed by atoms with Crippen LogP contribution < -0.4 is 11.1 Å². The molecular formula is C18H14Cl2N4O2. The second-order valence-electron chi connectivity index (χ2n) is 5.42. The molecule has 0 saturated carbocycles. The Morgan fingerprint density at radius 1 is 1.38 bits per heavy atom. The summed E-state index contributed by atoms with van der Waals surface area (Å²) in [4.78, 5) is 10.4. The number of halogens is 2. The molecule has 3 N–H and O–H groups in total. The standard InChI is InChI=1S/C18H14Cl2N4O2/c1-10-3-5-15(22)16(7-10)23-11(2)12(9-21)8-13-14(19)4-6-17(18(13)20)24(25)26/h3-8,23H,2,22H2,1H3/b12-8+. The monoisotopic (exact) mass is 388 g/mol. The Hall–Kier alpha value is -3.01. The summed E-state index contributed by atoms with van der Waals surface area (Å²) in [6.45, 7) is 5.73. The molecule has 132 valence electrons. The average Bonchev–Trinajstić information content (AvgIpc) is 2.57. The fourth-order valence-corrected chi connectivity index (χ4v) is 2.72. The van der Waals surface area contributed by atoms with Crippen LogP contribution in [-0.2, 0) is 0 Å². The van der Waals surface area contributed by atoms with Gasteiger partial charge in [-0.1, -0.05) is 35.8 Å². The van der Waals surface area contributed by atoms with Crippen molar-refractivity contribution in [1.82, 2.24) is 0 Å². The van der Waals surface area contributed by atoms with Crippen molar-refractivity contribution in [2.75, 3.05) is 11.1 Å². The summed E-state index contributed by atoms with van der Waals surface area (Å²) >= 11 is 12.2. The van der Waals surface area contributed by atoms with Gasteiger partial charge >= 0.3 is 0 Å². The smallest absolute Gasteiger partial charge is 0.288 e. The molecule has 6 nitrogen and oxygen atoms in total. The Bertz CT molecular complexity index is 978. The van der Waals surface area contributed by atoms with Gasteiger partial charge in [0, 0.05) is 22.3 Å². The van der Waals surface area contributed by atoms with E-state index in [1.807, 2.05) is 25.1 Å². The third-order valence-electron chi connectivity index (χ3n) is 3.53. The second kappa shape index (κ2) is 7.91. The molecule has 2 aromatic carbocycles. The van der Waals surface area contributed by atoms with Gasteiger partial charge in [-0.3, -0.25) is 10.1 Å². The van der Waals surface area contributed by atoms with Crippen molar-refractivity contribution in [2.24, 2.45) is 0 Å². The van der Waals surface area contributed by atoms with Crippen LogP contribution in [0.2, 0.25) is 10.0 Å². The third kappa shape index (κ3) is 4.14. The first-order valence-corrected chi connectivity index (χ1v) is 8.06. The molecule has 0 atom stereocenters. The molecule has 0 aromatic heterocycles. The minimum Gasteiger partial charge on any atom is -0.397 e. The number of nitrogens with one attached hydrogen (secondary N) is 1. The summed E-state index contributed by atoms with van der Waals surface area (Å²) in [6, 6.07) is 9.92. The lowest BCUT2D eigenvalue weighted by molar-refractivity contribution is -0.384. The van der Waals surface area contributed by atoms with E-state index in [0.29, 0.717) is 11.4 Å². The van der Waals surface area contributed by atoms with E-state index in [1.54, 1.807) is 6.07 Å². The predicted octanol–water partition coefficient (Wildman–Crippen LogP) is 5.33. The Morgan fingerprint density at radius 2 is 2.08 bits per heavy atom. The van der Waals surface area contributed by atoms with E-state index in [4.69, 9.17) is 28.9 Å². The lowest BCUT2D eigenvalue weighted by atomic mass is 10.1. The van der Waals surface area contributed by atoms with Crippen LogP contribution in [-0.4, -0.2) is 4.92 Å². The molecule has 0 bridgehead atoms. The maximum atomic E-state index is 11.0. The largest absolute Gasteiger partial charge is 0.397 e. The zero-order chi connectivity index (χ0) is 19.4. The van der Waals surface area contributed by atoms with E-state index < -0.39 is 4.92 Å². The summed E-state index contributed by atoms with van der Waals surface area (Å²) in [5, 5.41) is 23.5. The fourth-order valence-electron chi connectivity index (χ4n) is 2.17. The summed E-state index contributed by atoms with van der Waals surface area (Å²) in [5.41, 5.74) is 8.18. The first-order valence-electron chi connectivity index (χ1n) is 7.31. The fraction of sp³-hybridized carbons (Fsp3) is 0.0556. The van der Waals surface area contributed by atoms with E-state index in [1.165, 1.54) is 18.2 Å². The van der Waals surface area contributed by atoms with E-state index in [9.17, 15) is 15.4 Å². The van der Waals surface area contributed by atoms with Crippen LogP contribution >= 0.6 is 23.2 Å². The molecule has 0 aliphatic rings. The lowest BCUT2D eigenvalue weighted by Gasteiger charge is -2.12. The van der Waals surface area contributed by atoms with E-state index in [0.717, 1.165) is 5.56 Å². The first kappa shape index (κ1) is 19.3.